The third-order valence-corrected chi connectivity index (χ3v) is 5.66. The summed E-state index contributed by atoms with van der Waals surface area (Å²) in [7, 11) is 0. The molecule has 2 amide bonds. The van der Waals surface area contributed by atoms with Crippen molar-refractivity contribution in [1.29, 1.82) is 5.26 Å². The van der Waals surface area contributed by atoms with Gasteiger partial charge in [0.1, 0.15) is 5.82 Å². The monoisotopic (exact) mass is 449 g/mol. The lowest BCUT2D eigenvalue weighted by Gasteiger charge is -2.35. The number of benzene rings is 2. The first-order valence-electron chi connectivity index (χ1n) is 9.76. The fourth-order valence-electron chi connectivity index (χ4n) is 4.10. The van der Waals surface area contributed by atoms with Gasteiger partial charge in [0.25, 0.3) is 5.91 Å². The van der Waals surface area contributed by atoms with Crippen molar-refractivity contribution in [3.63, 3.8) is 0 Å². The number of carbonyl (C=O) groups is 2. The lowest BCUT2D eigenvalue weighted by atomic mass is 10.00. The van der Waals surface area contributed by atoms with E-state index >= 15 is 0 Å². The summed E-state index contributed by atoms with van der Waals surface area (Å²) < 4.78 is 14.6. The highest BCUT2D eigenvalue weighted by molar-refractivity contribution is 6.30. The first kappa shape index (κ1) is 21.4. The van der Waals surface area contributed by atoms with E-state index in [0.29, 0.717) is 24.0 Å². The van der Waals surface area contributed by atoms with Gasteiger partial charge in [-0.15, -0.1) is 0 Å². The van der Waals surface area contributed by atoms with Crippen LogP contribution in [0.2, 0.25) is 5.02 Å². The minimum Gasteiger partial charge on any atom is -0.368 e. The van der Waals surface area contributed by atoms with Crippen molar-refractivity contribution in [3.05, 3.63) is 93.8 Å². The maximum Gasteiger partial charge on any atom is 0.255 e. The van der Waals surface area contributed by atoms with Crippen LogP contribution in [0.4, 0.5) is 4.39 Å². The van der Waals surface area contributed by atoms with Gasteiger partial charge in [0.15, 0.2) is 6.04 Å². The summed E-state index contributed by atoms with van der Waals surface area (Å²) in [6.45, 7) is 0. The SMILES string of the molecule is N#Cc1cccc(C(=O)N(C(C(N)=O)c2cnccn2)[C@@H]2CCc3c(F)cc(Cl)cc32)c1. The predicted molar refractivity (Wildman–Crippen MR) is 114 cm³/mol. The fraction of sp³-hybridized carbons (Fsp3) is 0.174. The second-order valence-electron chi connectivity index (χ2n) is 7.35. The number of carbonyl (C=O) groups excluding carboxylic acids is 2. The lowest BCUT2D eigenvalue weighted by Crippen LogP contribution is -2.44. The van der Waals surface area contributed by atoms with Crippen molar-refractivity contribution in [2.75, 3.05) is 0 Å². The summed E-state index contributed by atoms with van der Waals surface area (Å²) in [4.78, 5) is 35.8. The molecule has 1 heterocycles. The minimum absolute atomic E-state index is 0.181. The zero-order chi connectivity index (χ0) is 22.8. The molecule has 0 saturated carbocycles. The summed E-state index contributed by atoms with van der Waals surface area (Å²) in [5.74, 6) is -1.83. The second kappa shape index (κ2) is 8.73. The van der Waals surface area contributed by atoms with Gasteiger partial charge in [-0.1, -0.05) is 17.7 Å². The summed E-state index contributed by atoms with van der Waals surface area (Å²) in [5, 5.41) is 9.42. The van der Waals surface area contributed by atoms with E-state index < -0.39 is 29.7 Å². The Morgan fingerprint density at radius 1 is 1.28 bits per heavy atom. The Hall–Kier alpha value is -3.83. The van der Waals surface area contributed by atoms with Gasteiger partial charge in [0.05, 0.1) is 29.6 Å². The average Bonchev–Trinajstić information content (AvgIpc) is 3.21. The van der Waals surface area contributed by atoms with Gasteiger partial charge < -0.3 is 10.6 Å². The van der Waals surface area contributed by atoms with Crippen LogP contribution in [0.15, 0.2) is 55.0 Å². The van der Waals surface area contributed by atoms with Crippen molar-refractivity contribution in [1.82, 2.24) is 14.9 Å². The molecule has 0 radical (unpaired) electrons. The number of amides is 2. The van der Waals surface area contributed by atoms with E-state index in [0.717, 1.165) is 0 Å². The van der Waals surface area contributed by atoms with Gasteiger partial charge in [0.2, 0.25) is 5.91 Å². The molecule has 1 aliphatic carbocycles. The molecule has 2 N–H and O–H groups in total. The van der Waals surface area contributed by atoms with E-state index in [4.69, 9.17) is 17.3 Å². The maximum atomic E-state index is 14.6. The van der Waals surface area contributed by atoms with Gasteiger partial charge in [-0.2, -0.15) is 5.26 Å². The largest absolute Gasteiger partial charge is 0.368 e. The maximum absolute atomic E-state index is 14.6. The average molecular weight is 450 g/mol. The lowest BCUT2D eigenvalue weighted by molar-refractivity contribution is -0.123. The zero-order valence-electron chi connectivity index (χ0n) is 16.7. The Balaban J connectivity index is 1.89. The molecule has 0 saturated heterocycles. The molecule has 4 rings (SSSR count). The number of hydrogen-bond acceptors (Lipinski definition) is 5. The highest BCUT2D eigenvalue weighted by atomic mass is 35.5. The van der Waals surface area contributed by atoms with Crippen molar-refractivity contribution in [3.8, 4) is 6.07 Å². The summed E-state index contributed by atoms with van der Waals surface area (Å²) in [6.07, 6.45) is 4.90. The first-order chi connectivity index (χ1) is 15.4. The van der Waals surface area contributed by atoms with Crippen LogP contribution in [-0.2, 0) is 11.2 Å². The van der Waals surface area contributed by atoms with Crippen LogP contribution < -0.4 is 5.73 Å². The molecule has 3 aromatic rings. The topological polar surface area (TPSA) is 113 Å². The van der Waals surface area contributed by atoms with Crippen LogP contribution in [0.5, 0.6) is 0 Å². The summed E-state index contributed by atoms with van der Waals surface area (Å²) >= 11 is 6.10. The van der Waals surface area contributed by atoms with Gasteiger partial charge >= 0.3 is 0 Å². The van der Waals surface area contributed by atoms with E-state index in [-0.39, 0.29) is 21.8 Å². The molecule has 0 fully saturated rings. The van der Waals surface area contributed by atoms with Crippen LogP contribution in [0.1, 0.15) is 51.2 Å². The van der Waals surface area contributed by atoms with Crippen LogP contribution in [0.25, 0.3) is 0 Å². The number of rotatable bonds is 5. The number of primary amides is 1. The highest BCUT2D eigenvalue weighted by Gasteiger charge is 2.41. The van der Waals surface area contributed by atoms with Gasteiger partial charge in [-0.05, 0) is 54.3 Å². The molecule has 0 spiro atoms. The van der Waals surface area contributed by atoms with E-state index in [1.807, 2.05) is 6.07 Å². The number of nitrogens with zero attached hydrogens (tertiary/aromatic N) is 4. The Bertz CT molecular complexity index is 1240. The Kier molecular flexibility index (Phi) is 5.84. The van der Waals surface area contributed by atoms with E-state index in [9.17, 15) is 19.2 Å². The van der Waals surface area contributed by atoms with E-state index in [1.165, 1.54) is 35.6 Å². The zero-order valence-corrected chi connectivity index (χ0v) is 17.5. The standard InChI is InChI=1S/C23H17ClFN5O2/c24-15-9-17-16(18(25)10-15)4-5-20(17)30(21(22(27)31)19-12-28-6-7-29-19)23(32)14-3-1-2-13(8-14)11-26/h1-3,6-10,12,20-21H,4-5H2,(H2,27,31)/t20-,21?/m1/s1. The molecule has 7 nitrogen and oxygen atoms in total. The van der Waals surface area contributed by atoms with Gasteiger partial charge in [0, 0.05) is 23.0 Å². The molecule has 1 unspecified atom stereocenters. The molecule has 0 aliphatic heterocycles. The number of nitriles is 1. The Morgan fingerprint density at radius 3 is 2.78 bits per heavy atom. The molecule has 9 heteroatoms. The molecule has 2 atom stereocenters. The van der Waals surface area contributed by atoms with Crippen molar-refractivity contribution in [2.24, 2.45) is 5.73 Å². The quantitative estimate of drug-likeness (QED) is 0.640. The second-order valence-corrected chi connectivity index (χ2v) is 7.79. The Morgan fingerprint density at radius 2 is 2.09 bits per heavy atom. The minimum atomic E-state index is -1.26. The molecule has 1 aliphatic rings. The first-order valence-corrected chi connectivity index (χ1v) is 10.1. The number of halogens is 2. The Labute approximate surface area is 188 Å². The summed E-state index contributed by atoms with van der Waals surface area (Å²) in [5.41, 5.74) is 7.34. The number of fused-ring (bicyclic) bond motifs is 1. The molecular weight excluding hydrogens is 433 g/mol. The molecule has 32 heavy (non-hydrogen) atoms. The van der Waals surface area contributed by atoms with Crippen LogP contribution in [-0.4, -0.2) is 26.7 Å². The van der Waals surface area contributed by atoms with Crippen LogP contribution in [0.3, 0.4) is 0 Å². The molecular formula is C23H17ClFN5O2. The molecule has 1 aromatic heterocycles. The van der Waals surface area contributed by atoms with Crippen LogP contribution in [0, 0.1) is 17.1 Å². The molecule has 0 bridgehead atoms. The van der Waals surface area contributed by atoms with Crippen molar-refractivity contribution >= 4 is 23.4 Å². The molecule has 2 aromatic carbocycles. The van der Waals surface area contributed by atoms with Crippen molar-refractivity contribution in [2.45, 2.75) is 24.9 Å². The number of nitrogens with two attached hydrogens (primary N) is 1. The fourth-order valence-corrected chi connectivity index (χ4v) is 4.31. The third kappa shape index (κ3) is 3.90. The van der Waals surface area contributed by atoms with Gasteiger partial charge in [-0.3, -0.25) is 19.6 Å². The van der Waals surface area contributed by atoms with Gasteiger partial charge in [-0.25, -0.2) is 4.39 Å². The predicted octanol–water partition coefficient (Wildman–Crippen LogP) is 3.50. The third-order valence-electron chi connectivity index (χ3n) is 5.44. The van der Waals surface area contributed by atoms with E-state index in [2.05, 4.69) is 9.97 Å². The highest BCUT2D eigenvalue weighted by Crippen LogP contribution is 2.42. The van der Waals surface area contributed by atoms with Crippen molar-refractivity contribution < 1.29 is 14.0 Å². The number of aromatic nitrogens is 2. The van der Waals surface area contributed by atoms with E-state index in [1.54, 1.807) is 24.3 Å². The molecule has 160 valence electrons. The number of hydrogen-bond donors (Lipinski definition) is 1. The van der Waals surface area contributed by atoms with Crippen LogP contribution >= 0.6 is 11.6 Å². The normalized spacial score (nSPS) is 15.5. The summed E-state index contributed by atoms with van der Waals surface area (Å²) in [6, 6.07) is 8.97. The smallest absolute Gasteiger partial charge is 0.255 e.